The molecule has 5 heavy (non-hydrogen) atoms. The summed E-state index contributed by atoms with van der Waals surface area (Å²) < 4.78 is 0. The van der Waals surface area contributed by atoms with Crippen LogP contribution in [0.2, 0.25) is 0 Å². The molecule has 0 spiro atoms. The number of hydrogen-bond acceptors (Lipinski definition) is 0. The van der Waals surface area contributed by atoms with Crippen LogP contribution in [-0.2, 0) is 17.1 Å². The Morgan fingerprint density at radius 1 is 0.600 bits per heavy atom. The standard InChI is InChI=1S/Al.3ClH.Cu.3H/h;3*1H;;;;. The van der Waals surface area contributed by atoms with Crippen LogP contribution in [0.5, 0.6) is 0 Å². The maximum Gasteiger partial charge on any atom is 0.187 e. The Bertz CT molecular complexity index is 6.85. The summed E-state index contributed by atoms with van der Waals surface area (Å²) in [5, 5.41) is 0. The van der Waals surface area contributed by atoms with Crippen LogP contribution in [0.25, 0.3) is 0 Å². The van der Waals surface area contributed by atoms with Crippen molar-refractivity contribution in [2.24, 2.45) is 0 Å². The third kappa shape index (κ3) is 24.7. The summed E-state index contributed by atoms with van der Waals surface area (Å²) in [6, 6.07) is 0. The summed E-state index contributed by atoms with van der Waals surface area (Å²) in [4.78, 5) is 0. The van der Waals surface area contributed by atoms with Gasteiger partial charge in [0, 0.05) is 17.1 Å². The Balaban J connectivity index is 0. The van der Waals surface area contributed by atoms with E-state index in [2.05, 4.69) is 0 Å². The Kier molecular flexibility index (Phi) is 510. The van der Waals surface area contributed by atoms with E-state index >= 15 is 0 Å². The van der Waals surface area contributed by atoms with Crippen molar-refractivity contribution < 1.29 is 17.1 Å². The van der Waals surface area contributed by atoms with Gasteiger partial charge in [-0.3, -0.25) is 0 Å². The molecule has 0 aliphatic rings. The number of rotatable bonds is 0. The van der Waals surface area contributed by atoms with Gasteiger partial charge >= 0.3 is 0 Å². The molecule has 0 saturated heterocycles. The van der Waals surface area contributed by atoms with E-state index in [1.165, 1.54) is 0 Å². The minimum Gasteiger partial charge on any atom is -0.147 e. The molecule has 0 aliphatic heterocycles. The van der Waals surface area contributed by atoms with Crippen LogP contribution >= 0.6 is 37.2 Å². The van der Waals surface area contributed by atoms with Crippen LogP contribution < -0.4 is 0 Å². The van der Waals surface area contributed by atoms with E-state index in [4.69, 9.17) is 0 Å². The molecule has 0 aromatic rings. The fourth-order valence-corrected chi connectivity index (χ4v) is 0. The van der Waals surface area contributed by atoms with E-state index < -0.39 is 0 Å². The van der Waals surface area contributed by atoms with Gasteiger partial charge in [-0.2, -0.15) is 0 Å². The van der Waals surface area contributed by atoms with Crippen molar-refractivity contribution in [1.29, 1.82) is 0 Å². The van der Waals surface area contributed by atoms with Crippen LogP contribution in [0.4, 0.5) is 0 Å². The predicted molar refractivity (Wildman–Crippen MR) is 31.7 cm³/mol. The zero-order valence-electron chi connectivity index (χ0n) is 1.53. The SMILES string of the molecule is Cl.Cl.Cl.[AlH3].[Cu]. The number of hydrogen-bond donors (Lipinski definition) is 0. The monoisotopic (exact) mass is 201 g/mol. The van der Waals surface area contributed by atoms with Crippen molar-refractivity contribution in [3.8, 4) is 0 Å². The molecule has 0 fully saturated rings. The third-order valence-corrected chi connectivity index (χ3v) is 0. The maximum absolute atomic E-state index is 0. The van der Waals surface area contributed by atoms with Gasteiger partial charge in [0.1, 0.15) is 0 Å². The van der Waals surface area contributed by atoms with E-state index in [1.54, 1.807) is 0 Å². The molecule has 0 aromatic carbocycles. The van der Waals surface area contributed by atoms with Gasteiger partial charge < -0.3 is 0 Å². The average molecular weight is 203 g/mol. The Labute approximate surface area is 71.3 Å². The van der Waals surface area contributed by atoms with Gasteiger partial charge in [0.05, 0.1) is 0 Å². The predicted octanol–water partition coefficient (Wildman–Crippen LogP) is 0.0790. The normalized spacial score (nSPS) is 0. The zero-order chi connectivity index (χ0) is 0. The van der Waals surface area contributed by atoms with Gasteiger partial charge in [0.2, 0.25) is 0 Å². The topological polar surface area (TPSA) is 0 Å². The average Bonchev–Trinajstić information content (AvgIpc) is 0. The zero-order valence-corrected chi connectivity index (χ0v) is 4.92. The minimum atomic E-state index is 0. The first-order valence-corrected chi connectivity index (χ1v) is 0. The molecule has 0 nitrogen and oxygen atoms in total. The van der Waals surface area contributed by atoms with Gasteiger partial charge in [0.15, 0.2) is 17.4 Å². The van der Waals surface area contributed by atoms with E-state index in [-0.39, 0.29) is 71.7 Å². The second-order valence-corrected chi connectivity index (χ2v) is 0. The second-order valence-electron chi connectivity index (χ2n) is 0. The first-order valence-electron chi connectivity index (χ1n) is 0. The molecule has 0 unspecified atom stereocenters. The quantitative estimate of drug-likeness (QED) is 0.489. The molecule has 0 aromatic heterocycles. The molecule has 0 atom stereocenters. The minimum absolute atomic E-state index is 0. The Morgan fingerprint density at radius 2 is 0.600 bits per heavy atom. The summed E-state index contributed by atoms with van der Waals surface area (Å²) in [7, 11) is 0. The fraction of sp³-hybridized carbons (Fsp3) is 0. The molecular formula is H6AlCl3Cu. The van der Waals surface area contributed by atoms with Crippen molar-refractivity contribution in [3.05, 3.63) is 0 Å². The summed E-state index contributed by atoms with van der Waals surface area (Å²) >= 11 is 0. The van der Waals surface area contributed by atoms with Crippen LogP contribution in [0.15, 0.2) is 0 Å². The third-order valence-electron chi connectivity index (χ3n) is 0. The molecule has 0 saturated carbocycles. The largest absolute Gasteiger partial charge is 0.187 e. The van der Waals surface area contributed by atoms with Crippen molar-refractivity contribution in [2.75, 3.05) is 0 Å². The maximum atomic E-state index is 0. The van der Waals surface area contributed by atoms with Gasteiger partial charge in [-0.25, -0.2) is 0 Å². The Morgan fingerprint density at radius 3 is 0.600 bits per heavy atom. The molecule has 41 valence electrons. The van der Waals surface area contributed by atoms with E-state index in [0.29, 0.717) is 0 Å². The summed E-state index contributed by atoms with van der Waals surface area (Å²) in [6.07, 6.45) is 0. The fourth-order valence-electron chi connectivity index (χ4n) is 0. The molecule has 0 amide bonds. The second kappa shape index (κ2) is 38.8. The molecule has 5 heteroatoms. The first kappa shape index (κ1) is 65.7. The van der Waals surface area contributed by atoms with Gasteiger partial charge in [-0.05, 0) is 0 Å². The van der Waals surface area contributed by atoms with Crippen molar-refractivity contribution >= 4 is 54.6 Å². The van der Waals surface area contributed by atoms with E-state index in [9.17, 15) is 0 Å². The molecule has 0 rings (SSSR count). The molecule has 0 heterocycles. The van der Waals surface area contributed by atoms with Crippen LogP contribution in [0.1, 0.15) is 0 Å². The molecular weight excluding hydrogens is 197 g/mol. The van der Waals surface area contributed by atoms with Gasteiger partial charge in [-0.1, -0.05) is 0 Å². The van der Waals surface area contributed by atoms with Crippen LogP contribution in [-0.4, -0.2) is 17.4 Å². The van der Waals surface area contributed by atoms with Gasteiger partial charge in [-0.15, -0.1) is 37.2 Å². The van der Waals surface area contributed by atoms with Gasteiger partial charge in [0.25, 0.3) is 0 Å². The number of halogens is 3. The molecule has 0 bridgehead atoms. The van der Waals surface area contributed by atoms with E-state index in [1.807, 2.05) is 0 Å². The molecule has 0 aliphatic carbocycles. The molecule has 0 N–H and O–H groups in total. The smallest absolute Gasteiger partial charge is 0.147 e. The van der Waals surface area contributed by atoms with Crippen LogP contribution in [0, 0.1) is 0 Å². The summed E-state index contributed by atoms with van der Waals surface area (Å²) in [5.41, 5.74) is 0. The Hall–Kier alpha value is 1.92. The molecule has 1 radical (unpaired) electrons. The van der Waals surface area contributed by atoms with Crippen molar-refractivity contribution in [2.45, 2.75) is 0 Å². The van der Waals surface area contributed by atoms with E-state index in [0.717, 1.165) is 0 Å². The summed E-state index contributed by atoms with van der Waals surface area (Å²) in [6.45, 7) is 0. The van der Waals surface area contributed by atoms with Crippen LogP contribution in [0.3, 0.4) is 0 Å². The first-order chi connectivity index (χ1) is 0. The summed E-state index contributed by atoms with van der Waals surface area (Å²) in [5.74, 6) is 0. The van der Waals surface area contributed by atoms with Crippen molar-refractivity contribution in [1.82, 2.24) is 0 Å². The van der Waals surface area contributed by atoms with Crippen molar-refractivity contribution in [3.63, 3.8) is 0 Å².